The van der Waals surface area contributed by atoms with Crippen molar-refractivity contribution in [3.8, 4) is 0 Å². The summed E-state index contributed by atoms with van der Waals surface area (Å²) in [5, 5.41) is 4.40. The molecule has 1 aliphatic rings. The predicted octanol–water partition coefficient (Wildman–Crippen LogP) is 1.87. The molecule has 128 valence electrons. The van der Waals surface area contributed by atoms with Gasteiger partial charge in [0.2, 0.25) is 5.91 Å². The second kappa shape index (κ2) is 6.72. The Hall–Kier alpha value is -1.85. The van der Waals surface area contributed by atoms with Crippen molar-refractivity contribution in [1.29, 1.82) is 0 Å². The van der Waals surface area contributed by atoms with Gasteiger partial charge in [0.25, 0.3) is 5.91 Å². The minimum atomic E-state index is -0.424. The lowest BCUT2D eigenvalue weighted by Crippen LogP contribution is -2.58. The molecule has 0 N–H and O–H groups in total. The molecule has 0 radical (unpaired) electrons. The zero-order chi connectivity index (χ0) is 17.3. The smallest absolute Gasteiger partial charge is 0.272 e. The highest BCUT2D eigenvalue weighted by Crippen LogP contribution is 2.19. The molecule has 1 aromatic rings. The maximum atomic E-state index is 12.8. The van der Waals surface area contributed by atoms with E-state index >= 15 is 0 Å². The highest BCUT2D eigenvalue weighted by molar-refractivity contribution is 5.97. The lowest BCUT2D eigenvalue weighted by molar-refractivity contribution is -0.140. The van der Waals surface area contributed by atoms with Gasteiger partial charge in [0.15, 0.2) is 0 Å². The molecule has 1 fully saturated rings. The Balaban J connectivity index is 2.16. The van der Waals surface area contributed by atoms with E-state index in [1.54, 1.807) is 16.6 Å². The first-order valence-corrected chi connectivity index (χ1v) is 8.36. The van der Waals surface area contributed by atoms with Gasteiger partial charge in [0.1, 0.15) is 11.7 Å². The number of hydrogen-bond acceptors (Lipinski definition) is 3. The van der Waals surface area contributed by atoms with E-state index < -0.39 is 6.04 Å². The standard InChI is InChI=1S/C17H28N4O2/c1-11(2)10-20-7-8-21(13(5)16(20)22)17(23)15-9-14(12(3)4)18-19(15)6/h9,11-13H,7-8,10H2,1-6H3. The number of carbonyl (C=O) groups is 2. The lowest BCUT2D eigenvalue weighted by Gasteiger charge is -2.39. The SMILES string of the molecule is CC(C)CN1CCN(C(=O)c2cc(C(C)C)nn2C)C(C)C1=O. The summed E-state index contributed by atoms with van der Waals surface area (Å²) in [6, 6.07) is 1.41. The van der Waals surface area contributed by atoms with Gasteiger partial charge in [-0.2, -0.15) is 5.10 Å². The minimum Gasteiger partial charge on any atom is -0.339 e. The van der Waals surface area contributed by atoms with Crippen LogP contribution in [0.4, 0.5) is 0 Å². The van der Waals surface area contributed by atoms with Gasteiger partial charge in [0, 0.05) is 26.7 Å². The fraction of sp³-hybridized carbons (Fsp3) is 0.706. The summed E-state index contributed by atoms with van der Waals surface area (Å²) in [5.74, 6) is 0.616. The number of carbonyl (C=O) groups excluding carboxylic acids is 2. The highest BCUT2D eigenvalue weighted by Gasteiger charge is 2.35. The van der Waals surface area contributed by atoms with Gasteiger partial charge in [-0.05, 0) is 24.8 Å². The van der Waals surface area contributed by atoms with E-state index in [2.05, 4.69) is 18.9 Å². The molecule has 0 aromatic carbocycles. The molecule has 1 aromatic heterocycles. The van der Waals surface area contributed by atoms with Crippen LogP contribution in [0.3, 0.4) is 0 Å². The van der Waals surface area contributed by atoms with Crippen molar-refractivity contribution in [2.45, 2.75) is 46.6 Å². The van der Waals surface area contributed by atoms with Crippen LogP contribution < -0.4 is 0 Å². The van der Waals surface area contributed by atoms with Crippen molar-refractivity contribution in [1.82, 2.24) is 19.6 Å². The molecule has 6 nitrogen and oxygen atoms in total. The molecular weight excluding hydrogens is 292 g/mol. The maximum absolute atomic E-state index is 12.8. The molecule has 2 heterocycles. The van der Waals surface area contributed by atoms with Crippen LogP contribution in [0.25, 0.3) is 0 Å². The average Bonchev–Trinajstić information content (AvgIpc) is 2.85. The van der Waals surface area contributed by atoms with Crippen LogP contribution in [0.1, 0.15) is 56.7 Å². The number of rotatable bonds is 4. The Bertz CT molecular complexity index is 591. The summed E-state index contributed by atoms with van der Waals surface area (Å²) in [5.41, 5.74) is 1.44. The van der Waals surface area contributed by atoms with Gasteiger partial charge in [-0.15, -0.1) is 0 Å². The Morgan fingerprint density at radius 1 is 1.30 bits per heavy atom. The van der Waals surface area contributed by atoms with Crippen LogP contribution in [0, 0.1) is 5.92 Å². The Labute approximate surface area is 138 Å². The minimum absolute atomic E-state index is 0.0320. The molecule has 0 saturated carbocycles. The Morgan fingerprint density at radius 2 is 1.96 bits per heavy atom. The molecule has 1 unspecified atom stereocenters. The highest BCUT2D eigenvalue weighted by atomic mass is 16.2. The first kappa shape index (κ1) is 17.5. The fourth-order valence-corrected chi connectivity index (χ4v) is 2.95. The molecular formula is C17H28N4O2. The summed E-state index contributed by atoms with van der Waals surface area (Å²) in [7, 11) is 1.78. The quantitative estimate of drug-likeness (QED) is 0.851. The third-order valence-corrected chi connectivity index (χ3v) is 4.30. The Kier molecular flexibility index (Phi) is 5.12. The topological polar surface area (TPSA) is 58.4 Å². The van der Waals surface area contributed by atoms with Crippen LogP contribution in [0.15, 0.2) is 6.07 Å². The van der Waals surface area contributed by atoms with E-state index in [-0.39, 0.29) is 17.7 Å². The summed E-state index contributed by atoms with van der Waals surface area (Å²) in [6.07, 6.45) is 0. The fourth-order valence-electron chi connectivity index (χ4n) is 2.95. The van der Waals surface area contributed by atoms with Crippen molar-refractivity contribution < 1.29 is 9.59 Å². The number of aromatic nitrogens is 2. The van der Waals surface area contributed by atoms with Crippen LogP contribution in [0.2, 0.25) is 0 Å². The summed E-state index contributed by atoms with van der Waals surface area (Å²) in [4.78, 5) is 28.9. The molecule has 0 aliphatic carbocycles. The number of hydrogen-bond donors (Lipinski definition) is 0. The Morgan fingerprint density at radius 3 is 2.48 bits per heavy atom. The third kappa shape index (κ3) is 3.57. The summed E-state index contributed by atoms with van der Waals surface area (Å²) in [6.45, 7) is 12.0. The van der Waals surface area contributed by atoms with E-state index in [4.69, 9.17) is 0 Å². The molecule has 2 rings (SSSR count). The molecule has 2 amide bonds. The van der Waals surface area contributed by atoms with Crippen LogP contribution in [-0.2, 0) is 11.8 Å². The number of amides is 2. The number of nitrogens with zero attached hydrogens (tertiary/aromatic N) is 4. The summed E-state index contributed by atoms with van der Waals surface area (Å²) < 4.78 is 1.62. The first-order valence-electron chi connectivity index (χ1n) is 8.36. The monoisotopic (exact) mass is 320 g/mol. The molecule has 6 heteroatoms. The normalized spacial score (nSPS) is 19.1. The molecule has 1 saturated heterocycles. The van der Waals surface area contributed by atoms with E-state index in [1.807, 2.05) is 31.7 Å². The van der Waals surface area contributed by atoms with Gasteiger partial charge in [0.05, 0.1) is 5.69 Å². The largest absolute Gasteiger partial charge is 0.339 e. The third-order valence-electron chi connectivity index (χ3n) is 4.30. The van der Waals surface area contributed by atoms with Crippen molar-refractivity contribution in [2.75, 3.05) is 19.6 Å². The first-order chi connectivity index (χ1) is 10.7. The van der Waals surface area contributed by atoms with E-state index in [1.165, 1.54) is 0 Å². The molecule has 1 atom stereocenters. The van der Waals surface area contributed by atoms with E-state index in [9.17, 15) is 9.59 Å². The van der Waals surface area contributed by atoms with Gasteiger partial charge in [-0.25, -0.2) is 0 Å². The van der Waals surface area contributed by atoms with Gasteiger partial charge in [-0.1, -0.05) is 27.7 Å². The van der Waals surface area contributed by atoms with Gasteiger partial charge < -0.3 is 9.80 Å². The molecule has 1 aliphatic heterocycles. The number of aryl methyl sites for hydroxylation is 1. The van der Waals surface area contributed by atoms with Crippen LogP contribution >= 0.6 is 0 Å². The van der Waals surface area contributed by atoms with E-state index in [0.717, 1.165) is 12.2 Å². The average molecular weight is 320 g/mol. The van der Waals surface area contributed by atoms with Crippen molar-refractivity contribution >= 4 is 11.8 Å². The van der Waals surface area contributed by atoms with E-state index in [0.29, 0.717) is 24.7 Å². The second-order valence-corrected chi connectivity index (χ2v) is 7.09. The van der Waals surface area contributed by atoms with Crippen molar-refractivity contribution in [3.63, 3.8) is 0 Å². The summed E-state index contributed by atoms with van der Waals surface area (Å²) >= 11 is 0. The van der Waals surface area contributed by atoms with Crippen LogP contribution in [-0.4, -0.2) is 57.1 Å². The van der Waals surface area contributed by atoms with Crippen LogP contribution in [0.5, 0.6) is 0 Å². The zero-order valence-corrected chi connectivity index (χ0v) is 15.0. The van der Waals surface area contributed by atoms with Crippen molar-refractivity contribution in [3.05, 3.63) is 17.5 Å². The zero-order valence-electron chi connectivity index (χ0n) is 15.0. The number of piperazine rings is 1. The second-order valence-electron chi connectivity index (χ2n) is 7.09. The maximum Gasteiger partial charge on any atom is 0.272 e. The molecule has 0 spiro atoms. The molecule has 0 bridgehead atoms. The molecule has 23 heavy (non-hydrogen) atoms. The predicted molar refractivity (Wildman–Crippen MR) is 89.2 cm³/mol. The van der Waals surface area contributed by atoms with Gasteiger partial charge >= 0.3 is 0 Å². The van der Waals surface area contributed by atoms with Crippen molar-refractivity contribution in [2.24, 2.45) is 13.0 Å². The van der Waals surface area contributed by atoms with Gasteiger partial charge in [-0.3, -0.25) is 14.3 Å². The lowest BCUT2D eigenvalue weighted by atomic mass is 10.1.